The fourth-order valence-corrected chi connectivity index (χ4v) is 2.69. The second-order valence-electron chi connectivity index (χ2n) is 4.21. The van der Waals surface area contributed by atoms with E-state index >= 15 is 0 Å². The van der Waals surface area contributed by atoms with Crippen LogP contribution < -0.4 is 0 Å². The van der Waals surface area contributed by atoms with Crippen molar-refractivity contribution in [3.05, 3.63) is 68.9 Å². The first-order valence-corrected chi connectivity index (χ1v) is 6.52. The van der Waals surface area contributed by atoms with Crippen molar-refractivity contribution in [2.24, 2.45) is 0 Å². The molecule has 0 heterocycles. The highest BCUT2D eigenvalue weighted by Crippen LogP contribution is 2.35. The second-order valence-corrected chi connectivity index (χ2v) is 5.53. The van der Waals surface area contributed by atoms with Gasteiger partial charge in [-0.05, 0) is 36.8 Å². The zero-order valence-corrected chi connectivity index (χ0v) is 12.0. The highest BCUT2D eigenvalue weighted by Gasteiger charge is 2.28. The minimum Gasteiger partial charge on any atom is -0.381 e. The lowest BCUT2D eigenvalue weighted by atomic mass is 9.88. The van der Waals surface area contributed by atoms with Gasteiger partial charge < -0.3 is 5.11 Å². The monoisotopic (exact) mass is 328 g/mol. The molecular weight excluding hydrogens is 319 g/mol. The predicted octanol–water partition coefficient (Wildman–Crippen LogP) is 4.50. The lowest BCUT2D eigenvalue weighted by Gasteiger charge is -2.25. The number of hydrogen-bond acceptors (Lipinski definition) is 1. The average Bonchev–Trinajstić information content (AvgIpc) is 2.28. The highest BCUT2D eigenvalue weighted by atomic mass is 79.9. The Morgan fingerprint density at radius 3 is 2.56 bits per heavy atom. The first kappa shape index (κ1) is 13.5. The Balaban J connectivity index is 2.53. The summed E-state index contributed by atoms with van der Waals surface area (Å²) in [6.45, 7) is 1.59. The van der Waals surface area contributed by atoms with Crippen LogP contribution in [0.15, 0.2) is 46.9 Å². The van der Waals surface area contributed by atoms with Crippen molar-refractivity contribution in [3.63, 3.8) is 0 Å². The van der Waals surface area contributed by atoms with Gasteiger partial charge in [0.25, 0.3) is 0 Å². The van der Waals surface area contributed by atoms with Crippen molar-refractivity contribution in [2.45, 2.75) is 12.5 Å². The van der Waals surface area contributed by atoms with Gasteiger partial charge in [0.1, 0.15) is 11.4 Å². The van der Waals surface area contributed by atoms with E-state index in [1.165, 1.54) is 12.1 Å². The van der Waals surface area contributed by atoms with Gasteiger partial charge in [-0.25, -0.2) is 4.39 Å². The van der Waals surface area contributed by atoms with E-state index in [1.54, 1.807) is 37.3 Å². The summed E-state index contributed by atoms with van der Waals surface area (Å²) in [5, 5.41) is 11.0. The molecule has 1 atom stereocenters. The number of hydrogen-bond donors (Lipinski definition) is 1. The maximum Gasteiger partial charge on any atom is 0.123 e. The summed E-state index contributed by atoms with van der Waals surface area (Å²) in [6, 6.07) is 11.1. The number of rotatable bonds is 2. The molecule has 0 saturated heterocycles. The first-order chi connectivity index (χ1) is 8.41. The van der Waals surface area contributed by atoms with Gasteiger partial charge in [0.15, 0.2) is 0 Å². The molecule has 0 aromatic heterocycles. The van der Waals surface area contributed by atoms with Crippen LogP contribution in [0.1, 0.15) is 18.1 Å². The molecule has 0 aliphatic carbocycles. The number of halogens is 3. The van der Waals surface area contributed by atoms with E-state index < -0.39 is 5.60 Å². The molecule has 0 fully saturated rings. The van der Waals surface area contributed by atoms with Crippen molar-refractivity contribution >= 4 is 27.5 Å². The number of aliphatic hydroxyl groups is 1. The molecule has 2 aromatic rings. The second kappa shape index (κ2) is 5.00. The SMILES string of the molecule is CC(O)(c1cccc(F)c1)c1ccc(Br)cc1Cl. The molecule has 0 aliphatic rings. The summed E-state index contributed by atoms with van der Waals surface area (Å²) < 4.78 is 14.1. The Labute approximate surface area is 118 Å². The van der Waals surface area contributed by atoms with Crippen molar-refractivity contribution in [1.29, 1.82) is 0 Å². The van der Waals surface area contributed by atoms with Crippen molar-refractivity contribution in [2.75, 3.05) is 0 Å². The lowest BCUT2D eigenvalue weighted by molar-refractivity contribution is 0.102. The van der Waals surface area contributed by atoms with Gasteiger partial charge in [-0.1, -0.05) is 45.7 Å². The predicted molar refractivity (Wildman–Crippen MR) is 74.2 cm³/mol. The Kier molecular flexibility index (Phi) is 3.76. The Morgan fingerprint density at radius 2 is 1.94 bits per heavy atom. The largest absolute Gasteiger partial charge is 0.381 e. The van der Waals surface area contributed by atoms with Crippen LogP contribution in [0, 0.1) is 5.82 Å². The molecule has 0 saturated carbocycles. The molecule has 0 radical (unpaired) electrons. The van der Waals surface area contributed by atoms with Crippen LogP contribution in [-0.2, 0) is 5.60 Å². The van der Waals surface area contributed by atoms with E-state index in [4.69, 9.17) is 11.6 Å². The summed E-state index contributed by atoms with van der Waals surface area (Å²) in [5.74, 6) is -0.388. The maximum atomic E-state index is 13.2. The lowest BCUT2D eigenvalue weighted by Crippen LogP contribution is -2.23. The standard InChI is InChI=1S/C14H11BrClFO/c1-14(18,9-3-2-4-11(17)7-9)12-6-5-10(15)8-13(12)16/h2-8,18H,1H3. The summed E-state index contributed by atoms with van der Waals surface area (Å²) in [6.07, 6.45) is 0. The third-order valence-electron chi connectivity index (χ3n) is 2.84. The summed E-state index contributed by atoms with van der Waals surface area (Å²) in [7, 11) is 0. The van der Waals surface area contributed by atoms with Crippen molar-refractivity contribution in [3.8, 4) is 0 Å². The van der Waals surface area contributed by atoms with Crippen LogP contribution in [0.5, 0.6) is 0 Å². The van der Waals surface area contributed by atoms with Gasteiger partial charge >= 0.3 is 0 Å². The van der Waals surface area contributed by atoms with Crippen molar-refractivity contribution in [1.82, 2.24) is 0 Å². The van der Waals surface area contributed by atoms with E-state index in [-0.39, 0.29) is 5.82 Å². The Hall–Kier alpha value is -0.900. The molecule has 2 rings (SSSR count). The molecule has 94 valence electrons. The minimum absolute atomic E-state index is 0.388. The molecular formula is C14H11BrClFO. The summed E-state index contributed by atoms with van der Waals surface area (Å²) >= 11 is 9.42. The quantitative estimate of drug-likeness (QED) is 0.860. The van der Waals surface area contributed by atoms with Crippen LogP contribution in [0.4, 0.5) is 4.39 Å². The van der Waals surface area contributed by atoms with Crippen LogP contribution in [0.2, 0.25) is 5.02 Å². The zero-order chi connectivity index (χ0) is 13.3. The molecule has 0 bridgehead atoms. The van der Waals surface area contributed by atoms with E-state index in [9.17, 15) is 9.50 Å². The smallest absolute Gasteiger partial charge is 0.123 e. The third-order valence-corrected chi connectivity index (χ3v) is 3.65. The molecule has 18 heavy (non-hydrogen) atoms. The van der Waals surface area contributed by atoms with Crippen LogP contribution in [0.25, 0.3) is 0 Å². The molecule has 0 aliphatic heterocycles. The first-order valence-electron chi connectivity index (χ1n) is 5.35. The topological polar surface area (TPSA) is 20.2 Å². The molecule has 0 amide bonds. The summed E-state index contributed by atoms with van der Waals surface area (Å²) in [5.41, 5.74) is -0.329. The highest BCUT2D eigenvalue weighted by molar-refractivity contribution is 9.10. The van der Waals surface area contributed by atoms with Crippen LogP contribution in [-0.4, -0.2) is 5.11 Å². The zero-order valence-electron chi connectivity index (χ0n) is 9.62. The van der Waals surface area contributed by atoms with Gasteiger partial charge in [0, 0.05) is 15.1 Å². The van der Waals surface area contributed by atoms with Crippen LogP contribution in [0.3, 0.4) is 0 Å². The van der Waals surface area contributed by atoms with E-state index in [2.05, 4.69) is 15.9 Å². The molecule has 1 unspecified atom stereocenters. The normalized spacial score (nSPS) is 14.3. The van der Waals surface area contributed by atoms with Gasteiger partial charge in [0.05, 0.1) is 0 Å². The molecule has 0 spiro atoms. The minimum atomic E-state index is -1.33. The van der Waals surface area contributed by atoms with Gasteiger partial charge in [-0.3, -0.25) is 0 Å². The third kappa shape index (κ3) is 2.58. The van der Waals surface area contributed by atoms with E-state index in [1.807, 2.05) is 0 Å². The molecule has 4 heteroatoms. The van der Waals surface area contributed by atoms with Gasteiger partial charge in [-0.15, -0.1) is 0 Å². The fraction of sp³-hybridized carbons (Fsp3) is 0.143. The number of benzene rings is 2. The van der Waals surface area contributed by atoms with Crippen molar-refractivity contribution < 1.29 is 9.50 Å². The van der Waals surface area contributed by atoms with Gasteiger partial charge in [-0.2, -0.15) is 0 Å². The Morgan fingerprint density at radius 1 is 1.22 bits per heavy atom. The molecule has 1 N–H and O–H groups in total. The summed E-state index contributed by atoms with van der Waals surface area (Å²) in [4.78, 5) is 0. The van der Waals surface area contributed by atoms with Gasteiger partial charge in [0.2, 0.25) is 0 Å². The van der Waals surface area contributed by atoms with E-state index in [0.29, 0.717) is 16.1 Å². The Bertz CT molecular complexity index is 584. The molecule has 2 aromatic carbocycles. The maximum absolute atomic E-state index is 13.2. The van der Waals surface area contributed by atoms with Crippen LogP contribution >= 0.6 is 27.5 Å². The fourth-order valence-electron chi connectivity index (χ4n) is 1.83. The average molecular weight is 330 g/mol. The molecule has 1 nitrogen and oxygen atoms in total. The van der Waals surface area contributed by atoms with E-state index in [0.717, 1.165) is 4.47 Å².